The zero-order valence-corrected chi connectivity index (χ0v) is 28.1. The summed E-state index contributed by atoms with van der Waals surface area (Å²) in [6.07, 6.45) is -3.67. The van der Waals surface area contributed by atoms with Gasteiger partial charge in [0.1, 0.15) is 0 Å². The molecule has 0 saturated carbocycles. The largest absolute Gasteiger partial charge is 0.463 e. The first-order chi connectivity index (χ1) is 24.6. The molecule has 0 aromatic heterocycles. The molecule has 8 unspecified atom stereocenters. The van der Waals surface area contributed by atoms with E-state index in [0.29, 0.717) is 49.5 Å². The maximum absolute atomic E-state index is 6.23. The fraction of sp³-hybridized carbons (Fsp3) is 0.588. The van der Waals surface area contributed by atoms with Crippen molar-refractivity contribution < 1.29 is 75.8 Å². The minimum atomic E-state index is -0.506. The molecule has 2 aromatic rings. The Balaban J connectivity index is 1.03. The highest BCUT2D eigenvalue weighted by Crippen LogP contribution is 2.51. The lowest BCUT2D eigenvalue weighted by Gasteiger charge is -2.14. The molecule has 4 aliphatic heterocycles. The highest BCUT2D eigenvalue weighted by atomic mass is 16.9. The van der Waals surface area contributed by atoms with Gasteiger partial charge in [-0.1, -0.05) is 0 Å². The van der Waals surface area contributed by atoms with Gasteiger partial charge in [0, 0.05) is 59.5 Å². The lowest BCUT2D eigenvalue weighted by atomic mass is 9.98. The predicted octanol–water partition coefficient (Wildman–Crippen LogP) is 3.96. The van der Waals surface area contributed by atoms with Crippen molar-refractivity contribution in [1.29, 1.82) is 0 Å². The van der Waals surface area contributed by atoms with Crippen LogP contribution in [0.2, 0.25) is 0 Å². The van der Waals surface area contributed by atoms with Gasteiger partial charge in [-0.2, -0.15) is 0 Å². The standard InChI is InChI=1S/C34H40O16/c1-5-35-27-31(47-27)43-13-39-23-17-9-10-19-22-20(12-11-18(21(17)22)24(23)40-14-44-32-28(48-32)36-6-2)26(42-16-46-34-30(50-34)38-8-4)25(19)41-15-45-33-29(49-33)37-7-3/h9-12,27-34H,5-8,13-16H2,1-4H3. The van der Waals surface area contributed by atoms with Crippen LogP contribution in [0.5, 0.6) is 0 Å². The molecule has 2 aliphatic carbocycles. The average Bonchev–Trinajstić information content (AvgIpc) is 4.00. The topological polar surface area (TPSA) is 161 Å². The van der Waals surface area contributed by atoms with Crippen LogP contribution in [-0.2, 0) is 75.8 Å². The third-order valence-corrected chi connectivity index (χ3v) is 8.27. The van der Waals surface area contributed by atoms with Crippen molar-refractivity contribution in [3.63, 3.8) is 0 Å². The molecule has 16 nitrogen and oxygen atoms in total. The minimum absolute atomic E-state index is 0.104. The highest BCUT2D eigenvalue weighted by Gasteiger charge is 2.45. The molecule has 0 amide bonds. The van der Waals surface area contributed by atoms with Crippen LogP contribution in [0, 0.1) is 0 Å². The van der Waals surface area contributed by atoms with Gasteiger partial charge in [0.05, 0.1) is 0 Å². The lowest BCUT2D eigenvalue weighted by Crippen LogP contribution is -2.09. The minimum Gasteiger partial charge on any atom is -0.463 e. The van der Waals surface area contributed by atoms with E-state index in [2.05, 4.69) is 0 Å². The summed E-state index contributed by atoms with van der Waals surface area (Å²) in [6, 6.07) is 7.75. The molecule has 6 aliphatic rings. The van der Waals surface area contributed by atoms with Crippen LogP contribution < -0.4 is 0 Å². The number of benzene rings is 2. The summed E-state index contributed by atoms with van der Waals surface area (Å²) >= 11 is 0. The van der Waals surface area contributed by atoms with Crippen LogP contribution in [0.15, 0.2) is 24.3 Å². The fourth-order valence-corrected chi connectivity index (χ4v) is 5.90. The van der Waals surface area contributed by atoms with E-state index in [1.807, 2.05) is 52.0 Å². The summed E-state index contributed by atoms with van der Waals surface area (Å²) < 4.78 is 91.3. The van der Waals surface area contributed by atoms with Crippen molar-refractivity contribution in [1.82, 2.24) is 0 Å². The van der Waals surface area contributed by atoms with E-state index in [1.165, 1.54) is 0 Å². The Morgan fingerprint density at radius 1 is 0.360 bits per heavy atom. The van der Waals surface area contributed by atoms with Crippen molar-refractivity contribution in [3.05, 3.63) is 46.5 Å². The van der Waals surface area contributed by atoms with E-state index >= 15 is 0 Å². The van der Waals surface area contributed by atoms with Gasteiger partial charge in [0.2, 0.25) is 50.3 Å². The van der Waals surface area contributed by atoms with Crippen LogP contribution in [0.25, 0.3) is 33.8 Å². The van der Waals surface area contributed by atoms with E-state index in [0.717, 1.165) is 33.0 Å². The van der Waals surface area contributed by atoms with E-state index in [9.17, 15) is 0 Å². The Morgan fingerprint density at radius 2 is 0.580 bits per heavy atom. The van der Waals surface area contributed by atoms with Crippen molar-refractivity contribution in [2.24, 2.45) is 0 Å². The van der Waals surface area contributed by atoms with E-state index in [4.69, 9.17) is 75.8 Å². The lowest BCUT2D eigenvalue weighted by molar-refractivity contribution is -0.0581. The molecule has 4 fully saturated rings. The average molecular weight is 705 g/mol. The van der Waals surface area contributed by atoms with Gasteiger partial charge in [0.25, 0.3) is 0 Å². The van der Waals surface area contributed by atoms with Crippen molar-refractivity contribution in [2.45, 2.75) is 78.0 Å². The zero-order valence-electron chi connectivity index (χ0n) is 28.1. The Labute approximate surface area is 287 Å². The molecule has 16 heteroatoms. The van der Waals surface area contributed by atoms with Crippen LogP contribution in [0.1, 0.15) is 49.9 Å². The zero-order chi connectivity index (χ0) is 34.2. The Kier molecular flexibility index (Phi) is 10.1. The maximum Gasteiger partial charge on any atom is 0.215 e. The maximum atomic E-state index is 6.23. The molecule has 0 radical (unpaired) electrons. The van der Waals surface area contributed by atoms with Gasteiger partial charge < -0.3 is 75.8 Å². The normalized spacial score (nSPS) is 29.6. The number of ether oxygens (including phenoxy) is 16. The summed E-state index contributed by atoms with van der Waals surface area (Å²) in [5.41, 5.74) is 3.16. The third kappa shape index (κ3) is 7.04. The molecule has 2 aromatic carbocycles. The summed E-state index contributed by atoms with van der Waals surface area (Å²) in [5, 5.41) is 1.75. The third-order valence-electron chi connectivity index (χ3n) is 8.27. The van der Waals surface area contributed by atoms with Gasteiger partial charge in [-0.15, -0.1) is 0 Å². The molecular formula is C34H40O16. The molecule has 0 N–H and O–H groups in total. The predicted molar refractivity (Wildman–Crippen MR) is 167 cm³/mol. The van der Waals surface area contributed by atoms with Gasteiger partial charge in [0.15, 0.2) is 50.2 Å². The molecule has 50 heavy (non-hydrogen) atoms. The van der Waals surface area contributed by atoms with Crippen molar-refractivity contribution >= 4 is 33.8 Å². The first-order valence-corrected chi connectivity index (χ1v) is 16.8. The van der Waals surface area contributed by atoms with Crippen LogP contribution in [0.3, 0.4) is 0 Å². The molecule has 272 valence electrons. The second kappa shape index (κ2) is 14.9. The van der Waals surface area contributed by atoms with Crippen LogP contribution in [0.4, 0.5) is 0 Å². The molecule has 0 bridgehead atoms. The summed E-state index contributed by atoms with van der Waals surface area (Å²) in [7, 11) is 0. The Morgan fingerprint density at radius 3 is 0.800 bits per heavy atom. The number of epoxide rings is 4. The van der Waals surface area contributed by atoms with Crippen LogP contribution in [-0.4, -0.2) is 104 Å². The molecular weight excluding hydrogens is 664 g/mol. The van der Waals surface area contributed by atoms with Gasteiger partial charge >= 0.3 is 0 Å². The molecule has 0 spiro atoms. The highest BCUT2D eigenvalue weighted by molar-refractivity contribution is 6.19. The first-order valence-electron chi connectivity index (χ1n) is 16.8. The fourth-order valence-electron chi connectivity index (χ4n) is 5.90. The SMILES string of the molecule is CCOC1OC1OCOC1=C(OCOC2OC2OCC)c2ccc3c4c(ccc1c24)C(OCOC1OC1OCC)=C3OCOC1OC1OCC. The van der Waals surface area contributed by atoms with E-state index < -0.39 is 50.3 Å². The molecule has 4 saturated heterocycles. The molecule has 8 atom stereocenters. The Bertz CT molecular complexity index is 1380. The second-order valence-corrected chi connectivity index (χ2v) is 11.4. The smallest absolute Gasteiger partial charge is 0.215 e. The second-order valence-electron chi connectivity index (χ2n) is 11.4. The molecule has 8 rings (SSSR count). The number of rotatable bonds is 24. The van der Waals surface area contributed by atoms with E-state index in [1.54, 1.807) is 0 Å². The Hall–Kier alpha value is -3.10. The quantitative estimate of drug-likeness (QED) is 0.114. The summed E-state index contributed by atoms with van der Waals surface area (Å²) in [6.45, 7) is 9.20. The first kappa shape index (κ1) is 34.0. The van der Waals surface area contributed by atoms with Gasteiger partial charge in [-0.25, -0.2) is 0 Å². The van der Waals surface area contributed by atoms with E-state index in [-0.39, 0.29) is 27.2 Å². The monoisotopic (exact) mass is 704 g/mol. The van der Waals surface area contributed by atoms with Crippen molar-refractivity contribution in [3.8, 4) is 0 Å². The number of hydrogen-bond donors (Lipinski definition) is 0. The number of hydrogen-bond acceptors (Lipinski definition) is 16. The van der Waals surface area contributed by atoms with Crippen LogP contribution >= 0.6 is 0 Å². The van der Waals surface area contributed by atoms with Crippen molar-refractivity contribution in [2.75, 3.05) is 53.6 Å². The molecule has 4 heterocycles. The van der Waals surface area contributed by atoms with Gasteiger partial charge in [-0.3, -0.25) is 0 Å². The summed E-state index contributed by atoms with van der Waals surface area (Å²) in [5.74, 6) is 1.90. The summed E-state index contributed by atoms with van der Waals surface area (Å²) in [4.78, 5) is 0. The van der Waals surface area contributed by atoms with Gasteiger partial charge in [-0.05, 0) is 52.0 Å².